The summed E-state index contributed by atoms with van der Waals surface area (Å²) in [5.74, 6) is 0. The van der Waals surface area contributed by atoms with Crippen molar-refractivity contribution in [3.8, 4) is 10.4 Å². The van der Waals surface area contributed by atoms with Gasteiger partial charge in [-0.1, -0.05) is 18.2 Å². The average Bonchev–Trinajstić information content (AvgIpc) is 3.09. The third-order valence-electron chi connectivity index (χ3n) is 3.32. The van der Waals surface area contributed by atoms with Crippen LogP contribution in [0.2, 0.25) is 0 Å². The zero-order valence-electron chi connectivity index (χ0n) is 10.4. The van der Waals surface area contributed by atoms with Gasteiger partial charge in [0.25, 0.3) is 0 Å². The second-order valence-corrected chi connectivity index (χ2v) is 6.67. The lowest BCUT2D eigenvalue weighted by Crippen LogP contribution is -2.15. The highest BCUT2D eigenvalue weighted by molar-refractivity contribution is 9.10. The molecule has 1 aliphatic rings. The van der Waals surface area contributed by atoms with E-state index in [2.05, 4.69) is 57.8 Å². The standard InChI is InChI=1S/C15H16BrNS/c1-10-8-11(9-17-12-3-4-12)2-5-13(10)15-14(16)6-7-18-15/h2,5-8,12,17H,3-4,9H2,1H3. The molecule has 0 unspecified atom stereocenters. The molecule has 1 fully saturated rings. The molecule has 1 N–H and O–H groups in total. The molecule has 0 radical (unpaired) electrons. The maximum atomic E-state index is 3.61. The molecule has 2 aromatic rings. The Morgan fingerprint density at radius 3 is 2.78 bits per heavy atom. The van der Waals surface area contributed by atoms with E-state index < -0.39 is 0 Å². The maximum Gasteiger partial charge on any atom is 0.0487 e. The number of halogens is 1. The van der Waals surface area contributed by atoms with Crippen LogP contribution in [0.1, 0.15) is 24.0 Å². The summed E-state index contributed by atoms with van der Waals surface area (Å²) in [5.41, 5.74) is 4.08. The first-order valence-electron chi connectivity index (χ1n) is 6.30. The predicted octanol–water partition coefficient (Wildman–Crippen LogP) is 4.74. The van der Waals surface area contributed by atoms with Crippen LogP contribution in [0, 0.1) is 6.92 Å². The number of nitrogens with one attached hydrogen (secondary N) is 1. The van der Waals surface area contributed by atoms with Crippen LogP contribution in [0.4, 0.5) is 0 Å². The molecule has 3 heteroatoms. The third kappa shape index (κ3) is 2.68. The van der Waals surface area contributed by atoms with Crippen molar-refractivity contribution in [3.63, 3.8) is 0 Å². The van der Waals surface area contributed by atoms with Crippen LogP contribution < -0.4 is 5.32 Å². The highest BCUT2D eigenvalue weighted by Gasteiger charge is 2.20. The second kappa shape index (κ2) is 5.16. The number of benzene rings is 1. The summed E-state index contributed by atoms with van der Waals surface area (Å²) in [7, 11) is 0. The number of rotatable bonds is 4. The van der Waals surface area contributed by atoms with Gasteiger partial charge < -0.3 is 5.32 Å². The number of hydrogen-bond acceptors (Lipinski definition) is 2. The van der Waals surface area contributed by atoms with Gasteiger partial charge in [-0.05, 0) is 63.8 Å². The minimum Gasteiger partial charge on any atom is -0.310 e. The van der Waals surface area contributed by atoms with Crippen molar-refractivity contribution in [1.29, 1.82) is 0 Å². The second-order valence-electron chi connectivity index (χ2n) is 4.90. The lowest BCUT2D eigenvalue weighted by atomic mass is 10.0. The first kappa shape index (κ1) is 12.4. The fourth-order valence-electron chi connectivity index (χ4n) is 2.13. The SMILES string of the molecule is Cc1cc(CNC2CC2)ccc1-c1sccc1Br. The molecule has 1 saturated carbocycles. The van der Waals surface area contributed by atoms with Crippen molar-refractivity contribution < 1.29 is 0 Å². The molecule has 0 bridgehead atoms. The van der Waals surface area contributed by atoms with Gasteiger partial charge in [-0.25, -0.2) is 0 Å². The summed E-state index contributed by atoms with van der Waals surface area (Å²) in [5, 5.41) is 5.69. The Bertz CT molecular complexity index is 557. The fraction of sp³-hybridized carbons (Fsp3) is 0.333. The van der Waals surface area contributed by atoms with Gasteiger partial charge >= 0.3 is 0 Å². The zero-order chi connectivity index (χ0) is 12.5. The number of hydrogen-bond donors (Lipinski definition) is 1. The van der Waals surface area contributed by atoms with Gasteiger partial charge in [0.05, 0.1) is 0 Å². The summed E-state index contributed by atoms with van der Waals surface area (Å²) in [6, 6.07) is 9.68. The Balaban J connectivity index is 1.82. The molecule has 3 rings (SSSR count). The van der Waals surface area contributed by atoms with Crippen LogP contribution in [0.15, 0.2) is 34.1 Å². The van der Waals surface area contributed by atoms with E-state index in [4.69, 9.17) is 0 Å². The molecule has 0 spiro atoms. The zero-order valence-corrected chi connectivity index (χ0v) is 12.8. The van der Waals surface area contributed by atoms with Crippen LogP contribution in [-0.2, 0) is 6.54 Å². The molecule has 18 heavy (non-hydrogen) atoms. The molecule has 0 amide bonds. The molecule has 0 atom stereocenters. The lowest BCUT2D eigenvalue weighted by Gasteiger charge is -2.08. The average molecular weight is 322 g/mol. The van der Waals surface area contributed by atoms with Crippen molar-refractivity contribution in [2.45, 2.75) is 32.4 Å². The van der Waals surface area contributed by atoms with Crippen LogP contribution >= 0.6 is 27.3 Å². The molecular weight excluding hydrogens is 306 g/mol. The van der Waals surface area contributed by atoms with Crippen LogP contribution in [0.3, 0.4) is 0 Å². The summed E-state index contributed by atoms with van der Waals surface area (Å²) in [4.78, 5) is 1.33. The van der Waals surface area contributed by atoms with E-state index in [9.17, 15) is 0 Å². The van der Waals surface area contributed by atoms with Crippen LogP contribution in [0.5, 0.6) is 0 Å². The highest BCUT2D eigenvalue weighted by Crippen LogP contribution is 2.35. The van der Waals surface area contributed by atoms with Crippen molar-refractivity contribution in [2.75, 3.05) is 0 Å². The van der Waals surface area contributed by atoms with Crippen molar-refractivity contribution in [2.24, 2.45) is 0 Å². The molecular formula is C15H16BrNS. The van der Waals surface area contributed by atoms with Gasteiger partial charge in [0.1, 0.15) is 0 Å². The first-order chi connectivity index (χ1) is 8.74. The quantitative estimate of drug-likeness (QED) is 0.857. The summed E-state index contributed by atoms with van der Waals surface area (Å²) >= 11 is 5.40. The third-order valence-corrected chi connectivity index (χ3v) is 5.20. The van der Waals surface area contributed by atoms with E-state index in [1.54, 1.807) is 11.3 Å². The molecule has 1 nitrogen and oxygen atoms in total. The van der Waals surface area contributed by atoms with Crippen molar-refractivity contribution in [1.82, 2.24) is 5.32 Å². The van der Waals surface area contributed by atoms with E-state index in [-0.39, 0.29) is 0 Å². The van der Waals surface area contributed by atoms with Gasteiger partial charge in [0.15, 0.2) is 0 Å². The van der Waals surface area contributed by atoms with Gasteiger partial charge in [0, 0.05) is 21.9 Å². The molecule has 0 saturated heterocycles. The molecule has 1 aromatic heterocycles. The van der Waals surface area contributed by atoms with E-state index >= 15 is 0 Å². The normalized spacial score (nSPS) is 15.0. The van der Waals surface area contributed by atoms with E-state index in [1.165, 1.54) is 38.9 Å². The Hall–Kier alpha value is -0.640. The largest absolute Gasteiger partial charge is 0.310 e. The Labute approximate surface area is 120 Å². The molecule has 0 aliphatic heterocycles. The number of aryl methyl sites for hydroxylation is 1. The minimum atomic E-state index is 0.774. The van der Waals surface area contributed by atoms with Crippen molar-refractivity contribution >= 4 is 27.3 Å². The van der Waals surface area contributed by atoms with Gasteiger partial charge in [-0.2, -0.15) is 0 Å². The summed E-state index contributed by atoms with van der Waals surface area (Å²) in [6.45, 7) is 3.19. The van der Waals surface area contributed by atoms with Gasteiger partial charge in [-0.15, -0.1) is 11.3 Å². The Morgan fingerprint density at radius 2 is 2.17 bits per heavy atom. The number of thiophene rings is 1. The molecule has 94 valence electrons. The molecule has 1 aliphatic carbocycles. The fourth-order valence-corrected chi connectivity index (χ4v) is 3.80. The Kier molecular flexibility index (Phi) is 3.55. The predicted molar refractivity (Wildman–Crippen MR) is 82.1 cm³/mol. The van der Waals surface area contributed by atoms with Gasteiger partial charge in [-0.3, -0.25) is 0 Å². The van der Waals surface area contributed by atoms with Crippen LogP contribution in [-0.4, -0.2) is 6.04 Å². The molecule has 1 aromatic carbocycles. The highest BCUT2D eigenvalue weighted by atomic mass is 79.9. The Morgan fingerprint density at radius 1 is 1.33 bits per heavy atom. The van der Waals surface area contributed by atoms with E-state index in [1.807, 2.05) is 0 Å². The van der Waals surface area contributed by atoms with Gasteiger partial charge in [0.2, 0.25) is 0 Å². The van der Waals surface area contributed by atoms with E-state index in [0.29, 0.717) is 0 Å². The lowest BCUT2D eigenvalue weighted by molar-refractivity contribution is 0.687. The van der Waals surface area contributed by atoms with E-state index in [0.717, 1.165) is 12.6 Å². The summed E-state index contributed by atoms with van der Waals surface area (Å²) < 4.78 is 1.19. The smallest absolute Gasteiger partial charge is 0.0487 e. The van der Waals surface area contributed by atoms with Crippen LogP contribution in [0.25, 0.3) is 10.4 Å². The first-order valence-corrected chi connectivity index (χ1v) is 7.97. The maximum absolute atomic E-state index is 3.61. The molecule has 1 heterocycles. The topological polar surface area (TPSA) is 12.0 Å². The summed E-state index contributed by atoms with van der Waals surface area (Å²) in [6.07, 6.45) is 2.69. The van der Waals surface area contributed by atoms with Crippen molar-refractivity contribution in [3.05, 3.63) is 45.2 Å². The minimum absolute atomic E-state index is 0.774. The monoisotopic (exact) mass is 321 g/mol.